The van der Waals surface area contributed by atoms with Gasteiger partial charge >= 0.3 is 18.8 Å². The van der Waals surface area contributed by atoms with Gasteiger partial charge in [0.25, 0.3) is 0 Å². The molecule has 16 heavy (non-hydrogen) atoms. The van der Waals surface area contributed by atoms with Gasteiger partial charge in [-0.05, 0) is 18.2 Å². The Bertz CT molecular complexity index is 490. The highest BCUT2D eigenvalue weighted by molar-refractivity contribution is 7.86. The average molecular weight is 270 g/mol. The van der Waals surface area contributed by atoms with Crippen molar-refractivity contribution in [2.24, 2.45) is 0 Å². The highest BCUT2D eigenvalue weighted by Gasteiger charge is 2.21. The highest BCUT2D eigenvalue weighted by atomic mass is 32.2. The molecule has 0 spiro atoms. The van der Waals surface area contributed by atoms with Crippen LogP contribution in [0.15, 0.2) is 23.1 Å². The lowest BCUT2D eigenvalue weighted by molar-refractivity contribution is 0.139. The molecule has 88 valence electrons. The highest BCUT2D eigenvalue weighted by Crippen LogP contribution is 2.18. The zero-order chi connectivity index (χ0) is 12.2. The molecule has 0 unspecified atom stereocenters. The van der Waals surface area contributed by atoms with Crippen molar-refractivity contribution in [2.45, 2.75) is 4.90 Å². The molecule has 9 heteroatoms. The van der Waals surface area contributed by atoms with E-state index in [0.717, 1.165) is 6.07 Å². The van der Waals surface area contributed by atoms with Crippen LogP contribution >= 0.6 is 8.69 Å². The van der Waals surface area contributed by atoms with Gasteiger partial charge in [0, 0.05) is 0 Å². The second-order valence-corrected chi connectivity index (χ2v) is 4.46. The summed E-state index contributed by atoms with van der Waals surface area (Å²) < 4.78 is 66.3. The van der Waals surface area contributed by atoms with Crippen LogP contribution in [0.25, 0.3) is 0 Å². The summed E-state index contributed by atoms with van der Waals surface area (Å²) in [4.78, 5) is -0.946. The monoisotopic (exact) mass is 270 g/mol. The predicted octanol–water partition coefficient (Wildman–Crippen LogP) is 1.85. The van der Waals surface area contributed by atoms with Gasteiger partial charge in [0.05, 0.1) is 0 Å². The van der Waals surface area contributed by atoms with Crippen molar-refractivity contribution < 1.29 is 30.5 Å². The van der Waals surface area contributed by atoms with Gasteiger partial charge in [0.2, 0.25) is 0 Å². The summed E-state index contributed by atoms with van der Waals surface area (Å²) >= 11 is 0. The van der Waals surface area contributed by atoms with Crippen molar-refractivity contribution in [3.8, 4) is 0 Å². The number of hydrogen-bond acceptors (Lipinski definition) is 5. The first kappa shape index (κ1) is 13.1. The zero-order valence-electron chi connectivity index (χ0n) is 7.59. The molecule has 0 amide bonds. The van der Waals surface area contributed by atoms with E-state index in [-0.39, 0.29) is 0 Å². The quantitative estimate of drug-likeness (QED) is 0.353. The van der Waals surface area contributed by atoms with Crippen LogP contribution in [-0.4, -0.2) is 15.2 Å². The normalized spacial score (nSPS) is 11.9. The van der Waals surface area contributed by atoms with E-state index >= 15 is 0 Å². The van der Waals surface area contributed by atoms with Crippen LogP contribution in [0.5, 0.6) is 0 Å². The standard InChI is InChI=1S/C7H5F2O5PS/c8-5-1-2-6(9)7(3-5)16(11,12)14-4-13-15-10/h1-3H,4H2. The third-order valence-corrected chi connectivity index (χ3v) is 2.94. The van der Waals surface area contributed by atoms with E-state index in [1.165, 1.54) is 0 Å². The molecule has 0 aliphatic rings. The molecule has 1 aromatic rings. The summed E-state index contributed by atoms with van der Waals surface area (Å²) in [6.45, 7) is -0.858. The molecular weight excluding hydrogens is 265 g/mol. The fourth-order valence-corrected chi connectivity index (χ4v) is 1.87. The summed E-state index contributed by atoms with van der Waals surface area (Å²) in [5.41, 5.74) is 0. The van der Waals surface area contributed by atoms with E-state index in [0.29, 0.717) is 12.1 Å². The summed E-state index contributed by atoms with van der Waals surface area (Å²) in [6, 6.07) is 1.89. The van der Waals surface area contributed by atoms with Gasteiger partial charge in [0.1, 0.15) is 16.5 Å². The number of hydrogen-bond donors (Lipinski definition) is 0. The zero-order valence-corrected chi connectivity index (χ0v) is 9.30. The lowest BCUT2D eigenvalue weighted by Crippen LogP contribution is -2.10. The van der Waals surface area contributed by atoms with E-state index < -0.39 is 42.1 Å². The van der Waals surface area contributed by atoms with E-state index in [1.807, 2.05) is 0 Å². The van der Waals surface area contributed by atoms with Crippen LogP contribution in [0.4, 0.5) is 8.78 Å². The Morgan fingerprint density at radius 1 is 1.31 bits per heavy atom. The van der Waals surface area contributed by atoms with E-state index in [1.54, 1.807) is 0 Å². The summed E-state index contributed by atoms with van der Waals surface area (Å²) in [6.07, 6.45) is 0. The van der Waals surface area contributed by atoms with Crippen molar-refractivity contribution in [1.29, 1.82) is 0 Å². The van der Waals surface area contributed by atoms with Gasteiger partial charge in [-0.2, -0.15) is 8.42 Å². The fraction of sp³-hybridized carbons (Fsp3) is 0.143. The lowest BCUT2D eigenvalue weighted by atomic mass is 10.3. The van der Waals surface area contributed by atoms with Gasteiger partial charge in [-0.25, -0.2) is 17.5 Å². The fourth-order valence-electron chi connectivity index (χ4n) is 0.839. The minimum atomic E-state index is -4.47. The predicted molar refractivity (Wildman–Crippen MR) is 48.2 cm³/mol. The van der Waals surface area contributed by atoms with Crippen LogP contribution in [0, 0.1) is 11.6 Å². The molecule has 0 radical (unpaired) electrons. The third-order valence-electron chi connectivity index (χ3n) is 1.47. The van der Waals surface area contributed by atoms with E-state index in [2.05, 4.69) is 8.71 Å². The Morgan fingerprint density at radius 2 is 2.00 bits per heavy atom. The molecule has 0 bridgehead atoms. The maximum absolute atomic E-state index is 13.0. The Morgan fingerprint density at radius 3 is 2.62 bits per heavy atom. The van der Waals surface area contributed by atoms with Crippen LogP contribution in [0.3, 0.4) is 0 Å². The topological polar surface area (TPSA) is 69.7 Å². The van der Waals surface area contributed by atoms with Gasteiger partial charge < -0.3 is 0 Å². The molecule has 0 saturated heterocycles. The Balaban J connectivity index is 2.97. The molecular formula is C7H5F2O5PS. The average Bonchev–Trinajstić information content (AvgIpc) is 2.22. The second kappa shape index (κ2) is 5.40. The van der Waals surface area contributed by atoms with Crippen LogP contribution in [0.1, 0.15) is 0 Å². The van der Waals surface area contributed by atoms with Crippen LogP contribution in [-0.2, 0) is 23.4 Å². The minimum absolute atomic E-state index is 0.472. The second-order valence-electron chi connectivity index (χ2n) is 2.47. The smallest absolute Gasteiger partial charge is 0.265 e. The largest absolute Gasteiger partial charge is 0.329 e. The molecule has 0 aliphatic carbocycles. The number of benzene rings is 1. The van der Waals surface area contributed by atoms with Crippen molar-refractivity contribution in [3.05, 3.63) is 29.8 Å². The summed E-state index contributed by atoms with van der Waals surface area (Å²) in [7, 11) is -5.26. The molecule has 0 aliphatic heterocycles. The van der Waals surface area contributed by atoms with Gasteiger partial charge in [-0.15, -0.1) is 0 Å². The van der Waals surface area contributed by atoms with Gasteiger partial charge in [0.15, 0.2) is 6.79 Å². The summed E-state index contributed by atoms with van der Waals surface area (Å²) in [5, 5.41) is 0. The van der Waals surface area contributed by atoms with Crippen LogP contribution < -0.4 is 0 Å². The van der Waals surface area contributed by atoms with Gasteiger partial charge in [-0.1, -0.05) is 0 Å². The first-order valence-electron chi connectivity index (χ1n) is 3.76. The van der Waals surface area contributed by atoms with Crippen molar-refractivity contribution in [1.82, 2.24) is 0 Å². The van der Waals surface area contributed by atoms with E-state index in [9.17, 15) is 21.8 Å². The maximum Gasteiger partial charge on any atom is 0.329 e. The number of halogens is 2. The van der Waals surface area contributed by atoms with E-state index in [4.69, 9.17) is 0 Å². The Hall–Kier alpha value is -0.950. The Labute approximate surface area is 91.4 Å². The molecule has 0 fully saturated rings. The molecule has 0 saturated carbocycles. The SMILES string of the molecule is O=POCOS(=O)(=O)c1cc(F)ccc1F. The minimum Gasteiger partial charge on any atom is -0.265 e. The lowest BCUT2D eigenvalue weighted by Gasteiger charge is -2.04. The molecule has 0 atom stereocenters. The number of rotatable bonds is 5. The third kappa shape index (κ3) is 3.28. The molecule has 5 nitrogen and oxygen atoms in total. The molecule has 1 aromatic carbocycles. The molecule has 1 rings (SSSR count). The van der Waals surface area contributed by atoms with Crippen molar-refractivity contribution in [3.63, 3.8) is 0 Å². The molecule has 0 N–H and O–H groups in total. The van der Waals surface area contributed by atoms with Crippen molar-refractivity contribution >= 4 is 18.8 Å². The van der Waals surface area contributed by atoms with Crippen LogP contribution in [0.2, 0.25) is 0 Å². The molecule has 0 heterocycles. The molecule has 0 aromatic heterocycles. The van der Waals surface area contributed by atoms with Crippen molar-refractivity contribution in [2.75, 3.05) is 6.79 Å². The first-order valence-corrected chi connectivity index (χ1v) is 5.90. The summed E-state index contributed by atoms with van der Waals surface area (Å²) in [5.74, 6) is -2.08. The Kier molecular flexibility index (Phi) is 4.43. The van der Waals surface area contributed by atoms with Gasteiger partial charge in [-0.3, -0.25) is 4.52 Å². The maximum atomic E-state index is 13.0. The first-order chi connectivity index (χ1) is 7.47.